The van der Waals surface area contributed by atoms with E-state index in [0.29, 0.717) is 18.2 Å². The van der Waals surface area contributed by atoms with Crippen LogP contribution in [-0.2, 0) is 0 Å². The van der Waals surface area contributed by atoms with Gasteiger partial charge in [0.05, 0.1) is 11.3 Å². The molecule has 1 saturated heterocycles. The summed E-state index contributed by atoms with van der Waals surface area (Å²) in [7, 11) is 0. The number of amides is 1. The summed E-state index contributed by atoms with van der Waals surface area (Å²) in [4.78, 5) is 14.0. The van der Waals surface area contributed by atoms with Crippen molar-refractivity contribution >= 4 is 27.5 Å². The van der Waals surface area contributed by atoms with E-state index in [1.54, 1.807) is 0 Å². The molecule has 2 rings (SSSR count). The molecule has 0 aliphatic carbocycles. The number of piperidine rings is 1. The molecule has 1 unspecified atom stereocenters. The summed E-state index contributed by atoms with van der Waals surface area (Å²) in [6.07, 6.45) is 4.44. The molecule has 1 aliphatic heterocycles. The molecule has 4 nitrogen and oxygen atoms in total. The van der Waals surface area contributed by atoms with Crippen molar-refractivity contribution in [1.29, 1.82) is 0 Å². The minimum atomic E-state index is -0.389. The molecule has 0 spiro atoms. The largest absolute Gasteiger partial charge is 0.368 e. The predicted molar refractivity (Wildman–Crippen MR) is 81.3 cm³/mol. The molecule has 1 aromatic rings. The molecule has 5 heteroatoms. The summed E-state index contributed by atoms with van der Waals surface area (Å²) in [5.41, 5.74) is 12.7. The Hall–Kier alpha value is -1.07. The third-order valence-electron chi connectivity index (χ3n) is 3.67. The molecular weight excluding hydrogens is 306 g/mol. The quantitative estimate of drug-likeness (QED) is 0.891. The number of benzene rings is 1. The number of carbonyl (C=O) groups excluding carboxylic acids is 1. The van der Waals surface area contributed by atoms with E-state index >= 15 is 0 Å². The Kier molecular flexibility index (Phi) is 4.82. The van der Waals surface area contributed by atoms with Gasteiger partial charge in [-0.1, -0.05) is 6.07 Å². The van der Waals surface area contributed by atoms with E-state index in [4.69, 9.17) is 11.5 Å². The Balaban J connectivity index is 2.38. The summed E-state index contributed by atoms with van der Waals surface area (Å²) in [6, 6.07) is 6.18. The van der Waals surface area contributed by atoms with Gasteiger partial charge in [-0.3, -0.25) is 4.79 Å². The molecule has 1 fully saturated rings. The average molecular weight is 326 g/mol. The van der Waals surface area contributed by atoms with Crippen LogP contribution in [0.2, 0.25) is 0 Å². The zero-order valence-electron chi connectivity index (χ0n) is 10.9. The average Bonchev–Trinajstić information content (AvgIpc) is 2.39. The van der Waals surface area contributed by atoms with Crippen LogP contribution < -0.4 is 16.4 Å². The molecule has 0 radical (unpaired) electrons. The molecule has 1 amide bonds. The normalized spacial score (nSPS) is 19.5. The van der Waals surface area contributed by atoms with Crippen LogP contribution in [0.25, 0.3) is 0 Å². The number of hydrogen-bond donors (Lipinski definition) is 2. The number of hydrogen-bond acceptors (Lipinski definition) is 3. The molecule has 1 heterocycles. The van der Waals surface area contributed by atoms with E-state index in [1.807, 2.05) is 18.2 Å². The highest BCUT2D eigenvalue weighted by Gasteiger charge is 2.25. The van der Waals surface area contributed by atoms with Gasteiger partial charge in [0.1, 0.15) is 0 Å². The maximum Gasteiger partial charge on any atom is 0.251 e. The fraction of sp³-hybridized carbons (Fsp3) is 0.500. The lowest BCUT2D eigenvalue weighted by Crippen LogP contribution is -2.41. The first-order valence-corrected chi connectivity index (χ1v) is 7.49. The van der Waals surface area contributed by atoms with Crippen LogP contribution in [0, 0.1) is 0 Å². The van der Waals surface area contributed by atoms with Crippen molar-refractivity contribution in [3.05, 3.63) is 28.2 Å². The number of anilines is 1. The third kappa shape index (κ3) is 3.09. The molecule has 19 heavy (non-hydrogen) atoms. The first kappa shape index (κ1) is 14.3. The van der Waals surface area contributed by atoms with E-state index in [9.17, 15) is 4.79 Å². The highest BCUT2D eigenvalue weighted by atomic mass is 79.9. The first-order valence-electron chi connectivity index (χ1n) is 6.70. The molecule has 1 aromatic carbocycles. The number of nitrogens with zero attached hydrogens (tertiary/aromatic N) is 1. The van der Waals surface area contributed by atoms with Crippen molar-refractivity contribution in [3.8, 4) is 0 Å². The van der Waals surface area contributed by atoms with Gasteiger partial charge in [-0.25, -0.2) is 0 Å². The molecule has 104 valence electrons. The Morgan fingerprint density at radius 3 is 2.89 bits per heavy atom. The van der Waals surface area contributed by atoms with Crippen molar-refractivity contribution in [2.45, 2.75) is 31.7 Å². The van der Waals surface area contributed by atoms with E-state index in [-0.39, 0.29) is 5.91 Å². The summed E-state index contributed by atoms with van der Waals surface area (Å²) in [6.45, 7) is 1.63. The molecular formula is C14H20BrN3O. The van der Waals surface area contributed by atoms with E-state index < -0.39 is 0 Å². The monoisotopic (exact) mass is 325 g/mol. The number of carbonyl (C=O) groups is 1. The molecule has 1 aliphatic rings. The molecule has 4 N–H and O–H groups in total. The number of halogens is 1. The lowest BCUT2D eigenvalue weighted by Gasteiger charge is -2.38. The standard InChI is InChI=1S/C14H20BrN3O/c15-11-5-3-6-12(13(11)14(17)19)18-9-2-1-4-10(18)7-8-16/h3,5-6,10H,1-2,4,7-9,16H2,(H2,17,19). The Labute approximate surface area is 122 Å². The van der Waals surface area contributed by atoms with Crippen LogP contribution >= 0.6 is 15.9 Å². The molecule has 0 saturated carbocycles. The maximum absolute atomic E-state index is 11.7. The van der Waals surface area contributed by atoms with Crippen molar-refractivity contribution in [2.75, 3.05) is 18.0 Å². The lowest BCUT2D eigenvalue weighted by molar-refractivity contribution is 0.1000. The van der Waals surface area contributed by atoms with E-state index in [2.05, 4.69) is 20.8 Å². The van der Waals surface area contributed by atoms with Gasteiger partial charge in [0.25, 0.3) is 5.91 Å². The third-order valence-corrected chi connectivity index (χ3v) is 4.34. The maximum atomic E-state index is 11.7. The first-order chi connectivity index (χ1) is 9.15. The zero-order valence-corrected chi connectivity index (χ0v) is 12.5. The topological polar surface area (TPSA) is 72.3 Å². The van der Waals surface area contributed by atoms with Gasteiger partial charge in [0.15, 0.2) is 0 Å². The Bertz CT molecular complexity index is 462. The minimum absolute atomic E-state index is 0.389. The summed E-state index contributed by atoms with van der Waals surface area (Å²) in [5, 5.41) is 0. The minimum Gasteiger partial charge on any atom is -0.368 e. The van der Waals surface area contributed by atoms with Crippen LogP contribution in [0.3, 0.4) is 0 Å². The zero-order chi connectivity index (χ0) is 13.8. The second-order valence-electron chi connectivity index (χ2n) is 4.92. The highest BCUT2D eigenvalue weighted by molar-refractivity contribution is 9.10. The fourth-order valence-corrected chi connectivity index (χ4v) is 3.36. The van der Waals surface area contributed by atoms with Gasteiger partial charge in [0, 0.05) is 17.1 Å². The smallest absolute Gasteiger partial charge is 0.251 e. The van der Waals surface area contributed by atoms with Crippen molar-refractivity contribution in [2.24, 2.45) is 11.5 Å². The summed E-state index contributed by atoms with van der Waals surface area (Å²) >= 11 is 3.42. The number of nitrogens with two attached hydrogens (primary N) is 2. The van der Waals surface area contributed by atoms with Gasteiger partial charge >= 0.3 is 0 Å². The van der Waals surface area contributed by atoms with Crippen LogP contribution in [0.4, 0.5) is 5.69 Å². The van der Waals surface area contributed by atoms with Gasteiger partial charge in [-0.2, -0.15) is 0 Å². The lowest BCUT2D eigenvalue weighted by atomic mass is 9.97. The van der Waals surface area contributed by atoms with Crippen molar-refractivity contribution in [1.82, 2.24) is 0 Å². The number of rotatable bonds is 4. The summed E-state index contributed by atoms with van der Waals surface area (Å²) < 4.78 is 0.759. The van der Waals surface area contributed by atoms with Gasteiger partial charge < -0.3 is 16.4 Å². The van der Waals surface area contributed by atoms with Gasteiger partial charge in [0.2, 0.25) is 0 Å². The van der Waals surface area contributed by atoms with Crippen molar-refractivity contribution in [3.63, 3.8) is 0 Å². The van der Waals surface area contributed by atoms with Gasteiger partial charge in [-0.05, 0) is 60.3 Å². The highest BCUT2D eigenvalue weighted by Crippen LogP contribution is 2.32. The Morgan fingerprint density at radius 2 is 2.21 bits per heavy atom. The van der Waals surface area contributed by atoms with Crippen LogP contribution in [-0.4, -0.2) is 25.0 Å². The second-order valence-corrected chi connectivity index (χ2v) is 5.77. The second kappa shape index (κ2) is 6.39. The van der Waals surface area contributed by atoms with Crippen LogP contribution in [0.1, 0.15) is 36.0 Å². The Morgan fingerprint density at radius 1 is 1.42 bits per heavy atom. The fourth-order valence-electron chi connectivity index (χ4n) is 2.81. The molecule has 0 aromatic heterocycles. The van der Waals surface area contributed by atoms with E-state index in [0.717, 1.165) is 36.0 Å². The summed E-state index contributed by atoms with van der Waals surface area (Å²) in [5.74, 6) is -0.389. The number of primary amides is 1. The SMILES string of the molecule is NCCC1CCCCN1c1cccc(Br)c1C(N)=O. The molecule has 1 atom stereocenters. The predicted octanol–water partition coefficient (Wildman–Crippen LogP) is 2.26. The van der Waals surface area contributed by atoms with Gasteiger partial charge in [-0.15, -0.1) is 0 Å². The van der Waals surface area contributed by atoms with Crippen LogP contribution in [0.15, 0.2) is 22.7 Å². The van der Waals surface area contributed by atoms with Crippen molar-refractivity contribution < 1.29 is 4.79 Å². The van der Waals surface area contributed by atoms with E-state index in [1.165, 1.54) is 6.42 Å². The molecule has 0 bridgehead atoms. The van der Waals surface area contributed by atoms with Crippen LogP contribution in [0.5, 0.6) is 0 Å².